The highest BCUT2D eigenvalue weighted by molar-refractivity contribution is 5.75. The smallest absolute Gasteiger partial charge is 0.242 e. The SMILES string of the molecule is CCC(CC)NC(=O)Cn1cc(CNCC(C)C)nn1. The van der Waals surface area contributed by atoms with Gasteiger partial charge in [-0.15, -0.1) is 5.10 Å². The van der Waals surface area contributed by atoms with E-state index in [0.717, 1.165) is 25.1 Å². The monoisotopic (exact) mass is 281 g/mol. The zero-order valence-corrected chi connectivity index (χ0v) is 13.0. The Morgan fingerprint density at radius 3 is 2.65 bits per heavy atom. The molecule has 6 nitrogen and oxygen atoms in total. The normalized spacial score (nSPS) is 11.3. The molecule has 0 bridgehead atoms. The van der Waals surface area contributed by atoms with E-state index in [1.807, 2.05) is 6.20 Å². The third kappa shape index (κ3) is 6.14. The third-order valence-corrected chi connectivity index (χ3v) is 3.10. The molecule has 0 spiro atoms. The van der Waals surface area contributed by atoms with Crippen LogP contribution in [0.1, 0.15) is 46.2 Å². The topological polar surface area (TPSA) is 71.8 Å². The molecule has 0 atom stereocenters. The fraction of sp³-hybridized carbons (Fsp3) is 0.786. The number of aromatic nitrogens is 3. The third-order valence-electron chi connectivity index (χ3n) is 3.10. The Hall–Kier alpha value is -1.43. The van der Waals surface area contributed by atoms with E-state index in [9.17, 15) is 4.79 Å². The Morgan fingerprint density at radius 1 is 1.35 bits per heavy atom. The number of carbonyl (C=O) groups is 1. The van der Waals surface area contributed by atoms with Gasteiger partial charge in [0.05, 0.1) is 11.9 Å². The second-order valence-electron chi connectivity index (χ2n) is 5.51. The molecule has 0 aliphatic rings. The number of amides is 1. The Bertz CT molecular complexity index is 398. The van der Waals surface area contributed by atoms with Crippen molar-refractivity contribution in [1.82, 2.24) is 25.6 Å². The van der Waals surface area contributed by atoms with Crippen molar-refractivity contribution in [1.29, 1.82) is 0 Å². The summed E-state index contributed by atoms with van der Waals surface area (Å²) in [4.78, 5) is 11.8. The van der Waals surface area contributed by atoms with Crippen LogP contribution in [0.4, 0.5) is 0 Å². The maximum atomic E-state index is 11.8. The Kier molecular flexibility index (Phi) is 7.22. The molecule has 0 radical (unpaired) electrons. The highest BCUT2D eigenvalue weighted by Crippen LogP contribution is 1.98. The van der Waals surface area contributed by atoms with E-state index in [-0.39, 0.29) is 18.5 Å². The summed E-state index contributed by atoms with van der Waals surface area (Å²) in [6.45, 7) is 10.3. The minimum atomic E-state index is -0.00899. The van der Waals surface area contributed by atoms with Crippen LogP contribution >= 0.6 is 0 Å². The van der Waals surface area contributed by atoms with E-state index >= 15 is 0 Å². The maximum absolute atomic E-state index is 11.8. The Balaban J connectivity index is 2.37. The van der Waals surface area contributed by atoms with Crippen LogP contribution in [0.25, 0.3) is 0 Å². The number of hydrogen-bond donors (Lipinski definition) is 2. The minimum absolute atomic E-state index is 0.00899. The first kappa shape index (κ1) is 16.6. The van der Waals surface area contributed by atoms with E-state index in [4.69, 9.17) is 0 Å². The van der Waals surface area contributed by atoms with Crippen molar-refractivity contribution in [2.24, 2.45) is 5.92 Å². The zero-order chi connectivity index (χ0) is 15.0. The average molecular weight is 281 g/mol. The van der Waals surface area contributed by atoms with Gasteiger partial charge in [-0.25, -0.2) is 4.68 Å². The Labute approximate surface area is 121 Å². The molecule has 0 aliphatic carbocycles. The molecule has 1 aromatic heterocycles. The molecule has 1 amide bonds. The number of hydrogen-bond acceptors (Lipinski definition) is 4. The van der Waals surface area contributed by atoms with Crippen LogP contribution in [0.2, 0.25) is 0 Å². The standard InChI is InChI=1S/C14H27N5O/c1-5-12(6-2)16-14(20)10-19-9-13(17-18-19)8-15-7-11(3)4/h9,11-12,15H,5-8,10H2,1-4H3,(H,16,20). The van der Waals surface area contributed by atoms with Crippen LogP contribution in [0.3, 0.4) is 0 Å². The minimum Gasteiger partial charge on any atom is -0.352 e. The van der Waals surface area contributed by atoms with E-state index in [1.165, 1.54) is 0 Å². The van der Waals surface area contributed by atoms with Crippen LogP contribution in [-0.2, 0) is 17.9 Å². The van der Waals surface area contributed by atoms with Crippen molar-refractivity contribution < 1.29 is 4.79 Å². The van der Waals surface area contributed by atoms with Crippen molar-refractivity contribution in [3.63, 3.8) is 0 Å². The van der Waals surface area contributed by atoms with Gasteiger partial charge in [0.2, 0.25) is 5.91 Å². The van der Waals surface area contributed by atoms with Gasteiger partial charge in [-0.1, -0.05) is 32.9 Å². The maximum Gasteiger partial charge on any atom is 0.242 e. The van der Waals surface area contributed by atoms with Gasteiger partial charge in [-0.3, -0.25) is 4.79 Å². The van der Waals surface area contributed by atoms with Gasteiger partial charge in [-0.05, 0) is 25.3 Å². The molecule has 0 saturated carbocycles. The highest BCUT2D eigenvalue weighted by Gasteiger charge is 2.10. The van der Waals surface area contributed by atoms with E-state index < -0.39 is 0 Å². The van der Waals surface area contributed by atoms with Crippen LogP contribution in [0.5, 0.6) is 0 Å². The van der Waals surface area contributed by atoms with Crippen molar-refractivity contribution in [2.75, 3.05) is 6.54 Å². The molecule has 0 fully saturated rings. The molecule has 0 unspecified atom stereocenters. The lowest BCUT2D eigenvalue weighted by molar-refractivity contribution is -0.122. The molecule has 0 aromatic carbocycles. The number of nitrogens with zero attached hydrogens (tertiary/aromatic N) is 3. The highest BCUT2D eigenvalue weighted by atomic mass is 16.2. The summed E-state index contributed by atoms with van der Waals surface area (Å²) < 4.78 is 1.59. The fourth-order valence-electron chi connectivity index (χ4n) is 1.90. The van der Waals surface area contributed by atoms with Gasteiger partial charge in [0.15, 0.2) is 0 Å². The molecular formula is C14H27N5O. The van der Waals surface area contributed by atoms with Gasteiger partial charge in [-0.2, -0.15) is 0 Å². The predicted molar refractivity (Wildman–Crippen MR) is 79.1 cm³/mol. The van der Waals surface area contributed by atoms with Crippen molar-refractivity contribution in [3.05, 3.63) is 11.9 Å². The first-order valence-corrected chi connectivity index (χ1v) is 7.44. The lowest BCUT2D eigenvalue weighted by Crippen LogP contribution is -2.36. The summed E-state index contributed by atoms with van der Waals surface area (Å²) in [5.41, 5.74) is 0.862. The summed E-state index contributed by atoms with van der Waals surface area (Å²) >= 11 is 0. The number of rotatable bonds is 9. The van der Waals surface area contributed by atoms with E-state index in [1.54, 1.807) is 4.68 Å². The molecule has 0 aliphatic heterocycles. The molecule has 2 N–H and O–H groups in total. The van der Waals surface area contributed by atoms with Crippen LogP contribution in [-0.4, -0.2) is 33.5 Å². The Morgan fingerprint density at radius 2 is 2.05 bits per heavy atom. The van der Waals surface area contributed by atoms with Crippen molar-refractivity contribution in [3.8, 4) is 0 Å². The van der Waals surface area contributed by atoms with Gasteiger partial charge < -0.3 is 10.6 Å². The zero-order valence-electron chi connectivity index (χ0n) is 13.0. The van der Waals surface area contributed by atoms with Crippen LogP contribution < -0.4 is 10.6 Å². The molecule has 1 aromatic rings. The molecular weight excluding hydrogens is 254 g/mol. The summed E-state index contributed by atoms with van der Waals surface area (Å²) in [6, 6.07) is 0.248. The largest absolute Gasteiger partial charge is 0.352 e. The number of nitrogens with one attached hydrogen (secondary N) is 2. The van der Waals surface area contributed by atoms with Gasteiger partial charge in [0.25, 0.3) is 0 Å². The average Bonchev–Trinajstić information content (AvgIpc) is 2.83. The molecule has 114 valence electrons. The lowest BCUT2D eigenvalue weighted by Gasteiger charge is -2.14. The summed E-state index contributed by atoms with van der Waals surface area (Å²) in [7, 11) is 0. The number of carbonyl (C=O) groups excluding carboxylic acids is 1. The molecule has 1 rings (SSSR count). The van der Waals surface area contributed by atoms with Gasteiger partial charge in [0.1, 0.15) is 6.54 Å². The summed E-state index contributed by atoms with van der Waals surface area (Å²) in [6.07, 6.45) is 3.72. The lowest BCUT2D eigenvalue weighted by atomic mass is 10.2. The summed E-state index contributed by atoms with van der Waals surface area (Å²) in [5, 5.41) is 14.3. The molecule has 6 heteroatoms. The van der Waals surface area contributed by atoms with Crippen LogP contribution in [0.15, 0.2) is 6.20 Å². The first-order valence-electron chi connectivity index (χ1n) is 7.44. The van der Waals surface area contributed by atoms with Gasteiger partial charge >= 0.3 is 0 Å². The molecule has 0 saturated heterocycles. The summed E-state index contributed by atoms with van der Waals surface area (Å²) in [5.74, 6) is 0.598. The second kappa shape index (κ2) is 8.68. The quantitative estimate of drug-likeness (QED) is 0.716. The second-order valence-corrected chi connectivity index (χ2v) is 5.51. The predicted octanol–water partition coefficient (Wildman–Crippen LogP) is 1.33. The van der Waals surface area contributed by atoms with Crippen LogP contribution in [0, 0.1) is 5.92 Å². The molecule has 1 heterocycles. The fourth-order valence-corrected chi connectivity index (χ4v) is 1.90. The first-order chi connectivity index (χ1) is 9.55. The van der Waals surface area contributed by atoms with Gasteiger partial charge in [0, 0.05) is 12.6 Å². The van der Waals surface area contributed by atoms with Crippen molar-refractivity contribution in [2.45, 2.75) is 59.7 Å². The van der Waals surface area contributed by atoms with E-state index in [0.29, 0.717) is 12.5 Å². The van der Waals surface area contributed by atoms with E-state index in [2.05, 4.69) is 48.6 Å². The molecule has 20 heavy (non-hydrogen) atoms. The van der Waals surface area contributed by atoms with Crippen molar-refractivity contribution >= 4 is 5.91 Å².